The zero-order chi connectivity index (χ0) is 20.8. The number of carbonyl (C=O) groups is 1. The van der Waals surface area contributed by atoms with E-state index in [1.54, 1.807) is 21.4 Å². The number of nitrogens with zero attached hydrogens (tertiary/aromatic N) is 5. The molecule has 0 fully saturated rings. The van der Waals surface area contributed by atoms with Gasteiger partial charge < -0.3 is 5.32 Å². The summed E-state index contributed by atoms with van der Waals surface area (Å²) in [5.41, 5.74) is 1.93. The molecule has 1 amide bonds. The second kappa shape index (κ2) is 7.53. The van der Waals surface area contributed by atoms with E-state index in [0.29, 0.717) is 32.1 Å². The van der Waals surface area contributed by atoms with Gasteiger partial charge in [-0.3, -0.25) is 14.2 Å². The van der Waals surface area contributed by atoms with Gasteiger partial charge in [0.25, 0.3) is 5.56 Å². The minimum Gasteiger partial charge on any atom is -0.302 e. The minimum absolute atomic E-state index is 0.174. The van der Waals surface area contributed by atoms with Crippen LogP contribution >= 0.6 is 34.7 Å². The quantitative estimate of drug-likeness (QED) is 0.469. The fraction of sp³-hybridized carbons (Fsp3) is 0.211. The number of thiazole rings is 1. The second-order valence-electron chi connectivity index (χ2n) is 6.85. The normalized spacial score (nSPS) is 15.5. The van der Waals surface area contributed by atoms with Gasteiger partial charge in [-0.2, -0.15) is 5.10 Å². The second-order valence-corrected chi connectivity index (χ2v) is 9.13. The van der Waals surface area contributed by atoms with E-state index in [1.807, 2.05) is 24.4 Å². The van der Waals surface area contributed by atoms with Gasteiger partial charge in [-0.05, 0) is 31.2 Å². The highest BCUT2D eigenvalue weighted by Crippen LogP contribution is 2.33. The third-order valence-electron chi connectivity index (χ3n) is 4.73. The first kappa shape index (κ1) is 19.3. The topological polar surface area (TPSA) is 94.7 Å². The van der Waals surface area contributed by atoms with Gasteiger partial charge in [0, 0.05) is 22.6 Å². The summed E-state index contributed by atoms with van der Waals surface area (Å²) in [5, 5.41) is 11.2. The van der Waals surface area contributed by atoms with Crippen molar-refractivity contribution in [3.05, 3.63) is 56.9 Å². The fourth-order valence-corrected chi connectivity index (χ4v) is 5.31. The number of nitrogens with one attached hydrogen (secondary N) is 1. The SMILES string of the molecule is Cc1csc(NC(=O)CC2CSc3nc4c(cnn4-c4ccc(Cl)cc4)c(=O)n32)n1. The number of amides is 1. The highest BCUT2D eigenvalue weighted by Gasteiger charge is 2.29. The van der Waals surface area contributed by atoms with Crippen molar-refractivity contribution in [2.24, 2.45) is 0 Å². The van der Waals surface area contributed by atoms with Crippen molar-refractivity contribution in [2.75, 3.05) is 11.1 Å². The Morgan fingerprint density at radius 2 is 2.10 bits per heavy atom. The van der Waals surface area contributed by atoms with Crippen molar-refractivity contribution in [3.63, 3.8) is 0 Å². The Balaban J connectivity index is 1.46. The van der Waals surface area contributed by atoms with Gasteiger partial charge in [-0.1, -0.05) is 23.4 Å². The van der Waals surface area contributed by atoms with E-state index in [9.17, 15) is 9.59 Å². The summed E-state index contributed by atoms with van der Waals surface area (Å²) in [6.07, 6.45) is 1.70. The number of hydrogen-bond acceptors (Lipinski definition) is 7. The van der Waals surface area contributed by atoms with Crippen LogP contribution in [0, 0.1) is 6.92 Å². The van der Waals surface area contributed by atoms with Crippen molar-refractivity contribution in [3.8, 4) is 5.69 Å². The first-order valence-corrected chi connectivity index (χ1v) is 11.3. The molecule has 1 N–H and O–H groups in total. The molecule has 0 spiro atoms. The molecule has 0 aliphatic carbocycles. The Morgan fingerprint density at radius 1 is 1.30 bits per heavy atom. The van der Waals surface area contributed by atoms with Crippen molar-refractivity contribution >= 4 is 56.8 Å². The zero-order valence-electron chi connectivity index (χ0n) is 15.7. The minimum atomic E-state index is -0.269. The van der Waals surface area contributed by atoms with Crippen LogP contribution in [-0.2, 0) is 4.79 Å². The van der Waals surface area contributed by atoms with Gasteiger partial charge in [-0.25, -0.2) is 14.6 Å². The molecule has 0 radical (unpaired) electrons. The van der Waals surface area contributed by atoms with Crippen LogP contribution in [0.4, 0.5) is 5.13 Å². The standard InChI is InChI=1S/C19H15ClN6O2S2/c1-10-8-29-18(22-10)23-15(27)6-13-9-30-19-24-16-14(17(28)25(13)19)7-21-26(16)12-4-2-11(20)3-5-12/h2-5,7-8,13H,6,9H2,1H3,(H,22,23,27). The van der Waals surface area contributed by atoms with Gasteiger partial charge >= 0.3 is 0 Å². The lowest BCUT2D eigenvalue weighted by atomic mass is 10.2. The molecule has 1 aliphatic rings. The van der Waals surface area contributed by atoms with Crippen LogP contribution in [0.25, 0.3) is 16.7 Å². The average Bonchev–Trinajstić information content (AvgIpc) is 3.42. The lowest BCUT2D eigenvalue weighted by Crippen LogP contribution is -2.27. The van der Waals surface area contributed by atoms with Crippen LogP contribution in [0.15, 0.2) is 45.8 Å². The predicted molar refractivity (Wildman–Crippen MR) is 118 cm³/mol. The van der Waals surface area contributed by atoms with Crippen molar-refractivity contribution < 1.29 is 4.79 Å². The summed E-state index contributed by atoms with van der Waals surface area (Å²) in [4.78, 5) is 34.5. The summed E-state index contributed by atoms with van der Waals surface area (Å²) in [6.45, 7) is 1.87. The molecule has 1 aromatic carbocycles. The van der Waals surface area contributed by atoms with E-state index in [4.69, 9.17) is 11.6 Å². The lowest BCUT2D eigenvalue weighted by molar-refractivity contribution is -0.116. The molecule has 4 heterocycles. The first-order chi connectivity index (χ1) is 14.5. The smallest absolute Gasteiger partial charge is 0.265 e. The number of carbonyl (C=O) groups excluding carboxylic acids is 1. The molecule has 0 saturated carbocycles. The monoisotopic (exact) mass is 458 g/mol. The van der Waals surface area contributed by atoms with Crippen LogP contribution in [0.5, 0.6) is 0 Å². The molecule has 0 saturated heterocycles. The molecular weight excluding hydrogens is 444 g/mol. The maximum atomic E-state index is 13.2. The van der Waals surface area contributed by atoms with Crippen LogP contribution < -0.4 is 10.9 Å². The molecule has 1 unspecified atom stereocenters. The predicted octanol–water partition coefficient (Wildman–Crippen LogP) is 3.68. The van der Waals surface area contributed by atoms with Crippen molar-refractivity contribution in [2.45, 2.75) is 24.5 Å². The first-order valence-electron chi connectivity index (χ1n) is 9.10. The molecule has 3 aromatic heterocycles. The number of hydrogen-bond donors (Lipinski definition) is 1. The molecule has 1 aliphatic heterocycles. The van der Waals surface area contributed by atoms with Crippen LogP contribution in [-0.4, -0.2) is 36.0 Å². The molecule has 8 nitrogen and oxygen atoms in total. The summed E-state index contributed by atoms with van der Waals surface area (Å²) in [6, 6.07) is 6.90. The van der Waals surface area contributed by atoms with Gasteiger partial charge in [-0.15, -0.1) is 11.3 Å². The lowest BCUT2D eigenvalue weighted by Gasteiger charge is -2.12. The number of fused-ring (bicyclic) bond motifs is 2. The third kappa shape index (κ3) is 3.40. The Hall–Kier alpha value is -2.69. The van der Waals surface area contributed by atoms with E-state index in [2.05, 4.69) is 20.4 Å². The maximum Gasteiger partial charge on any atom is 0.265 e. The maximum absolute atomic E-state index is 13.2. The summed E-state index contributed by atoms with van der Waals surface area (Å²) in [5.74, 6) is 0.430. The molecule has 1 atom stereocenters. The molecular formula is C19H15ClN6O2S2. The molecule has 0 bridgehead atoms. The molecule has 4 aromatic rings. The Labute approximate surface area is 183 Å². The summed E-state index contributed by atoms with van der Waals surface area (Å²) in [7, 11) is 0. The summed E-state index contributed by atoms with van der Waals surface area (Å²) >= 11 is 8.81. The van der Waals surface area contributed by atoms with E-state index < -0.39 is 0 Å². The average molecular weight is 459 g/mol. The van der Waals surface area contributed by atoms with E-state index >= 15 is 0 Å². The van der Waals surface area contributed by atoms with Crippen molar-refractivity contribution in [1.29, 1.82) is 0 Å². The van der Waals surface area contributed by atoms with Crippen LogP contribution in [0.1, 0.15) is 18.2 Å². The molecule has 11 heteroatoms. The van der Waals surface area contributed by atoms with Gasteiger partial charge in [0.05, 0.1) is 23.6 Å². The van der Waals surface area contributed by atoms with Crippen LogP contribution in [0.3, 0.4) is 0 Å². The Morgan fingerprint density at radius 3 is 2.83 bits per heavy atom. The number of halogens is 1. The number of thioether (sulfide) groups is 1. The molecule has 5 rings (SSSR count). The van der Waals surface area contributed by atoms with E-state index in [-0.39, 0.29) is 23.9 Å². The number of rotatable bonds is 4. The highest BCUT2D eigenvalue weighted by molar-refractivity contribution is 7.99. The van der Waals surface area contributed by atoms with Gasteiger partial charge in [0.2, 0.25) is 5.91 Å². The van der Waals surface area contributed by atoms with E-state index in [1.165, 1.54) is 29.3 Å². The van der Waals surface area contributed by atoms with Gasteiger partial charge in [0.1, 0.15) is 5.39 Å². The largest absolute Gasteiger partial charge is 0.302 e. The third-order valence-corrected chi connectivity index (χ3v) is 6.95. The van der Waals surface area contributed by atoms with E-state index in [0.717, 1.165) is 11.4 Å². The summed E-state index contributed by atoms with van der Waals surface area (Å²) < 4.78 is 3.23. The number of aryl methyl sites for hydroxylation is 1. The number of benzene rings is 1. The number of anilines is 1. The fourth-order valence-electron chi connectivity index (χ4n) is 3.35. The van der Waals surface area contributed by atoms with Crippen LogP contribution in [0.2, 0.25) is 5.02 Å². The Bertz CT molecular complexity index is 1330. The number of aromatic nitrogens is 5. The Kier molecular flexibility index (Phi) is 4.84. The zero-order valence-corrected chi connectivity index (χ0v) is 18.1. The van der Waals surface area contributed by atoms with Crippen molar-refractivity contribution in [1.82, 2.24) is 24.3 Å². The van der Waals surface area contributed by atoms with Gasteiger partial charge in [0.15, 0.2) is 15.9 Å². The molecule has 152 valence electrons. The highest BCUT2D eigenvalue weighted by atomic mass is 35.5. The molecule has 30 heavy (non-hydrogen) atoms.